The molecular weight excluding hydrogens is 503 g/mol. The summed E-state index contributed by atoms with van der Waals surface area (Å²) < 4.78 is 75.0. The Balaban J connectivity index is 1.58. The minimum atomic E-state index is -4.61. The quantitative estimate of drug-likeness (QED) is 0.368. The number of halogens is 3. The van der Waals surface area contributed by atoms with E-state index < -0.39 is 38.1 Å². The van der Waals surface area contributed by atoms with Crippen LogP contribution in [0.25, 0.3) is 22.4 Å². The largest absolute Gasteiger partial charge is 0.317 e. The summed E-state index contributed by atoms with van der Waals surface area (Å²) in [5.41, 5.74) is 1.54. The molecule has 2 aromatic carbocycles. The summed E-state index contributed by atoms with van der Waals surface area (Å²) in [5, 5.41) is 8.06. The fourth-order valence-electron chi connectivity index (χ4n) is 4.42. The topological polar surface area (TPSA) is 79.9 Å². The van der Waals surface area contributed by atoms with Crippen LogP contribution in [0.2, 0.25) is 0 Å². The highest BCUT2D eigenvalue weighted by Crippen LogP contribution is 2.36. The molecule has 37 heavy (non-hydrogen) atoms. The van der Waals surface area contributed by atoms with Crippen LogP contribution in [-0.4, -0.2) is 31.3 Å². The third-order valence-corrected chi connectivity index (χ3v) is 7.77. The smallest absolute Gasteiger partial charge is 0.265 e. The van der Waals surface area contributed by atoms with Crippen LogP contribution < -0.4 is 14.6 Å². The van der Waals surface area contributed by atoms with Gasteiger partial charge in [-0.1, -0.05) is 6.07 Å². The van der Waals surface area contributed by atoms with Crippen molar-refractivity contribution in [1.29, 1.82) is 0 Å². The van der Waals surface area contributed by atoms with Gasteiger partial charge in [-0.15, -0.1) is 0 Å². The summed E-state index contributed by atoms with van der Waals surface area (Å²) >= 11 is 0. The van der Waals surface area contributed by atoms with Gasteiger partial charge in [0.25, 0.3) is 10.0 Å². The second-order valence-corrected chi connectivity index (χ2v) is 10.6. The highest BCUT2D eigenvalue weighted by atomic mass is 32.2. The van der Waals surface area contributed by atoms with Gasteiger partial charge in [-0.25, -0.2) is 26.2 Å². The van der Waals surface area contributed by atoms with Crippen molar-refractivity contribution in [2.75, 3.05) is 17.8 Å². The van der Waals surface area contributed by atoms with Gasteiger partial charge in [-0.3, -0.25) is 9.40 Å². The number of anilines is 1. The average molecular weight is 529 g/mol. The molecule has 5 rings (SSSR count). The molecule has 192 valence electrons. The third kappa shape index (κ3) is 5.09. The number of nitrogens with one attached hydrogen (secondary N) is 2. The Kier molecular flexibility index (Phi) is 6.74. The maximum Gasteiger partial charge on any atom is 0.265 e. The van der Waals surface area contributed by atoms with E-state index in [9.17, 15) is 17.2 Å². The van der Waals surface area contributed by atoms with Gasteiger partial charge < -0.3 is 5.32 Å². The van der Waals surface area contributed by atoms with Crippen LogP contribution in [0.3, 0.4) is 0 Å². The molecule has 0 radical (unpaired) electrons. The summed E-state index contributed by atoms with van der Waals surface area (Å²) in [6, 6.07) is 10.2. The molecule has 0 amide bonds. The van der Waals surface area contributed by atoms with E-state index in [0.717, 1.165) is 37.6 Å². The van der Waals surface area contributed by atoms with Crippen LogP contribution in [-0.2, 0) is 17.1 Å². The van der Waals surface area contributed by atoms with Crippen LogP contribution >= 0.6 is 0 Å². The van der Waals surface area contributed by atoms with E-state index in [1.807, 2.05) is 47.0 Å². The van der Waals surface area contributed by atoms with Crippen LogP contribution in [0.4, 0.5) is 18.9 Å². The summed E-state index contributed by atoms with van der Waals surface area (Å²) in [4.78, 5) is -0.912. The first-order chi connectivity index (χ1) is 17.7. The molecule has 7 nitrogen and oxygen atoms in total. The summed E-state index contributed by atoms with van der Waals surface area (Å²) in [5.74, 6) is -2.95. The number of rotatable bonds is 6. The van der Waals surface area contributed by atoms with Gasteiger partial charge in [0.1, 0.15) is 29.3 Å². The molecule has 1 aliphatic heterocycles. The van der Waals surface area contributed by atoms with Crippen LogP contribution in [0.5, 0.6) is 0 Å². The van der Waals surface area contributed by atoms with E-state index in [4.69, 9.17) is 5.10 Å². The van der Waals surface area contributed by atoms with Crippen LogP contribution in [0.15, 0.2) is 72.0 Å². The standard InChI is InChI=1S/C26H25F3N5O2S/c1-33-13-9-17(10-14-33)21-16-34(19-7-11-30-12-8-19)31-26(21)20-3-2-4-23(25(20)29)32-37(35,36)24-15-18(27)5-6-22(24)28/h2-6,9-10,13-16,19,30,32H,7-8,11-12H2,1H3/q+1. The number of aryl methyl sites for hydroxylation is 1. The van der Waals surface area contributed by atoms with Crippen molar-refractivity contribution in [2.45, 2.75) is 23.8 Å². The number of sulfonamides is 1. The first kappa shape index (κ1) is 25.0. The molecule has 1 aliphatic rings. The SMILES string of the molecule is C[n+]1ccc(-c2cn(C3CCNCC3)nc2-c2cccc(NS(=O)(=O)c3cc(F)ccc3F)c2F)cc1. The Hall–Kier alpha value is -3.70. The molecule has 0 unspecified atom stereocenters. The highest BCUT2D eigenvalue weighted by molar-refractivity contribution is 7.92. The number of hydrogen-bond donors (Lipinski definition) is 2. The van der Waals surface area contributed by atoms with Crippen molar-refractivity contribution in [3.05, 3.63) is 84.6 Å². The van der Waals surface area contributed by atoms with E-state index in [-0.39, 0.29) is 11.6 Å². The maximum absolute atomic E-state index is 15.8. The van der Waals surface area contributed by atoms with Crippen molar-refractivity contribution in [2.24, 2.45) is 7.05 Å². The van der Waals surface area contributed by atoms with Gasteiger partial charge in [-0.05, 0) is 61.8 Å². The fourth-order valence-corrected chi connectivity index (χ4v) is 5.57. The molecule has 0 saturated carbocycles. The van der Waals surface area contributed by atoms with Crippen LogP contribution in [0.1, 0.15) is 18.9 Å². The minimum absolute atomic E-state index is 0.0795. The van der Waals surface area contributed by atoms with Gasteiger partial charge in [0.05, 0.1) is 11.7 Å². The van der Waals surface area contributed by atoms with Gasteiger partial charge in [-0.2, -0.15) is 5.10 Å². The predicted molar refractivity (Wildman–Crippen MR) is 133 cm³/mol. The first-order valence-corrected chi connectivity index (χ1v) is 13.2. The number of benzene rings is 2. The maximum atomic E-state index is 15.8. The Morgan fingerprint density at radius 3 is 2.49 bits per heavy atom. The molecule has 0 spiro atoms. The number of pyridine rings is 1. The molecule has 1 saturated heterocycles. The number of piperidine rings is 1. The Labute approximate surface area is 212 Å². The lowest BCUT2D eigenvalue weighted by Crippen LogP contribution is -2.29. The van der Waals surface area contributed by atoms with Gasteiger partial charge in [0.15, 0.2) is 18.2 Å². The molecule has 11 heteroatoms. The number of hydrogen-bond acceptors (Lipinski definition) is 4. The van der Waals surface area contributed by atoms with E-state index in [1.165, 1.54) is 18.2 Å². The molecule has 0 bridgehead atoms. The fraction of sp³-hybridized carbons (Fsp3) is 0.231. The van der Waals surface area contributed by atoms with Gasteiger partial charge >= 0.3 is 0 Å². The molecular formula is C26H25F3N5O2S+. The number of aromatic nitrogens is 3. The number of nitrogens with zero attached hydrogens (tertiary/aromatic N) is 3. The zero-order valence-electron chi connectivity index (χ0n) is 20.0. The van der Waals surface area contributed by atoms with E-state index >= 15 is 4.39 Å². The van der Waals surface area contributed by atoms with E-state index in [2.05, 4.69) is 10.0 Å². The molecule has 4 aromatic rings. The van der Waals surface area contributed by atoms with Crippen molar-refractivity contribution < 1.29 is 26.2 Å². The van der Waals surface area contributed by atoms with E-state index in [1.54, 1.807) is 0 Å². The Morgan fingerprint density at radius 1 is 1.03 bits per heavy atom. The second kappa shape index (κ2) is 9.98. The van der Waals surface area contributed by atoms with Crippen molar-refractivity contribution in [3.63, 3.8) is 0 Å². The molecule has 0 atom stereocenters. The lowest BCUT2D eigenvalue weighted by molar-refractivity contribution is -0.671. The summed E-state index contributed by atoms with van der Waals surface area (Å²) in [6.45, 7) is 1.69. The highest BCUT2D eigenvalue weighted by Gasteiger charge is 2.26. The normalized spacial score (nSPS) is 14.6. The monoisotopic (exact) mass is 528 g/mol. The van der Waals surface area contributed by atoms with Gasteiger partial charge in [0, 0.05) is 29.5 Å². The third-order valence-electron chi connectivity index (χ3n) is 6.39. The van der Waals surface area contributed by atoms with Crippen molar-refractivity contribution in [1.82, 2.24) is 15.1 Å². The molecule has 1 fully saturated rings. The molecule has 2 aromatic heterocycles. The van der Waals surface area contributed by atoms with E-state index in [0.29, 0.717) is 23.4 Å². The lowest BCUT2D eigenvalue weighted by atomic mass is 10.0. The summed E-state index contributed by atoms with van der Waals surface area (Å²) in [7, 11) is -2.72. The Morgan fingerprint density at radius 2 is 1.76 bits per heavy atom. The predicted octanol–water partition coefficient (Wildman–Crippen LogP) is 4.18. The van der Waals surface area contributed by atoms with Crippen LogP contribution in [0, 0.1) is 17.5 Å². The molecule has 3 heterocycles. The molecule has 2 N–H and O–H groups in total. The molecule has 0 aliphatic carbocycles. The zero-order valence-corrected chi connectivity index (χ0v) is 20.8. The zero-order chi connectivity index (χ0) is 26.2. The van der Waals surface area contributed by atoms with Gasteiger partial charge in [0.2, 0.25) is 0 Å². The average Bonchev–Trinajstić information content (AvgIpc) is 3.33. The van der Waals surface area contributed by atoms with Crippen molar-refractivity contribution >= 4 is 15.7 Å². The summed E-state index contributed by atoms with van der Waals surface area (Å²) in [6.07, 6.45) is 7.36. The van der Waals surface area contributed by atoms with Crippen molar-refractivity contribution in [3.8, 4) is 22.4 Å². The lowest BCUT2D eigenvalue weighted by Gasteiger charge is -2.22. The first-order valence-electron chi connectivity index (χ1n) is 11.8. The Bertz CT molecular complexity index is 1550. The second-order valence-electron chi connectivity index (χ2n) is 8.95. The minimum Gasteiger partial charge on any atom is -0.317 e.